The molecule has 1 amide bonds. The summed E-state index contributed by atoms with van der Waals surface area (Å²) >= 11 is 1.65. The number of thiophene rings is 1. The average molecular weight is 303 g/mol. The Morgan fingerprint density at radius 3 is 2.62 bits per heavy atom. The van der Waals surface area contributed by atoms with Crippen LogP contribution in [0.25, 0.3) is 0 Å². The number of nitrogens with one attached hydrogen (secondary N) is 1. The van der Waals surface area contributed by atoms with Gasteiger partial charge in [-0.05, 0) is 44.9 Å². The monoisotopic (exact) mass is 303 g/mol. The van der Waals surface area contributed by atoms with Gasteiger partial charge in [-0.25, -0.2) is 0 Å². The number of hydrogen-bond acceptors (Lipinski definition) is 3. The highest BCUT2D eigenvalue weighted by atomic mass is 32.1. The van der Waals surface area contributed by atoms with Gasteiger partial charge in [-0.3, -0.25) is 4.79 Å². The molecule has 21 heavy (non-hydrogen) atoms. The molecule has 0 aliphatic heterocycles. The summed E-state index contributed by atoms with van der Waals surface area (Å²) in [7, 11) is 1.67. The Hall–Kier alpha value is -1.81. The van der Waals surface area contributed by atoms with E-state index in [0.29, 0.717) is 6.54 Å². The molecule has 1 aromatic carbocycles. The standard InChI is InChI=1S/C17H21NO2S/c1-11-5-6-16(20-4)14(9-11)7-8-18-17(19)15-10-12(2)21-13(15)3/h5-6,9-10H,7-8H2,1-4H3,(H,18,19). The summed E-state index contributed by atoms with van der Waals surface area (Å²) < 4.78 is 5.35. The zero-order valence-electron chi connectivity index (χ0n) is 12.9. The molecule has 2 rings (SSSR count). The van der Waals surface area contributed by atoms with Gasteiger partial charge in [0.2, 0.25) is 0 Å². The Labute approximate surface area is 130 Å². The molecule has 0 bridgehead atoms. The van der Waals surface area contributed by atoms with Gasteiger partial charge in [-0.2, -0.15) is 0 Å². The van der Waals surface area contributed by atoms with Crippen molar-refractivity contribution in [3.8, 4) is 5.75 Å². The number of rotatable bonds is 5. The molecule has 1 heterocycles. The molecule has 0 atom stereocenters. The second kappa shape index (κ2) is 6.76. The Morgan fingerprint density at radius 1 is 1.24 bits per heavy atom. The van der Waals surface area contributed by atoms with Gasteiger partial charge in [-0.1, -0.05) is 17.7 Å². The SMILES string of the molecule is COc1ccc(C)cc1CCNC(=O)c1cc(C)sc1C. The number of carbonyl (C=O) groups is 1. The van der Waals surface area contributed by atoms with Crippen molar-refractivity contribution >= 4 is 17.2 Å². The minimum absolute atomic E-state index is 0.00321. The Morgan fingerprint density at radius 2 is 2.00 bits per heavy atom. The third kappa shape index (κ3) is 3.85. The van der Waals surface area contributed by atoms with E-state index in [-0.39, 0.29) is 5.91 Å². The van der Waals surface area contributed by atoms with Crippen molar-refractivity contribution < 1.29 is 9.53 Å². The third-order valence-electron chi connectivity index (χ3n) is 3.40. The molecule has 1 aromatic heterocycles. The van der Waals surface area contributed by atoms with Crippen LogP contribution in [0.5, 0.6) is 5.75 Å². The summed E-state index contributed by atoms with van der Waals surface area (Å²) in [6.45, 7) is 6.66. The van der Waals surface area contributed by atoms with Crippen LogP contribution >= 0.6 is 11.3 Å². The lowest BCUT2D eigenvalue weighted by Gasteiger charge is -2.10. The number of ether oxygens (including phenoxy) is 1. The van der Waals surface area contributed by atoms with E-state index in [9.17, 15) is 4.79 Å². The maximum atomic E-state index is 12.2. The van der Waals surface area contributed by atoms with E-state index in [0.717, 1.165) is 33.1 Å². The van der Waals surface area contributed by atoms with E-state index in [1.165, 1.54) is 5.56 Å². The quantitative estimate of drug-likeness (QED) is 0.915. The Kier molecular flexibility index (Phi) is 5.02. The molecule has 0 saturated carbocycles. The van der Waals surface area contributed by atoms with E-state index in [4.69, 9.17) is 4.74 Å². The predicted octanol–water partition coefficient (Wildman–Crippen LogP) is 3.65. The first kappa shape index (κ1) is 15.6. The van der Waals surface area contributed by atoms with Crippen LogP contribution in [0.4, 0.5) is 0 Å². The largest absolute Gasteiger partial charge is 0.496 e. The van der Waals surface area contributed by atoms with E-state index >= 15 is 0 Å². The van der Waals surface area contributed by atoms with Crippen molar-refractivity contribution in [2.45, 2.75) is 27.2 Å². The van der Waals surface area contributed by atoms with Gasteiger partial charge < -0.3 is 10.1 Å². The molecule has 0 unspecified atom stereocenters. The molecule has 0 aliphatic carbocycles. The molecule has 0 aliphatic rings. The number of amides is 1. The van der Waals surface area contributed by atoms with E-state index in [2.05, 4.69) is 18.3 Å². The van der Waals surface area contributed by atoms with Gasteiger partial charge in [0.15, 0.2) is 0 Å². The van der Waals surface area contributed by atoms with Crippen LogP contribution in [0, 0.1) is 20.8 Å². The molecule has 0 spiro atoms. The lowest BCUT2D eigenvalue weighted by atomic mass is 10.1. The summed E-state index contributed by atoms with van der Waals surface area (Å²) in [6.07, 6.45) is 0.763. The van der Waals surface area contributed by atoms with Crippen molar-refractivity contribution in [3.63, 3.8) is 0 Å². The summed E-state index contributed by atoms with van der Waals surface area (Å²) in [4.78, 5) is 14.4. The maximum Gasteiger partial charge on any atom is 0.252 e. The zero-order chi connectivity index (χ0) is 15.4. The minimum atomic E-state index is 0.00321. The molecule has 1 N–H and O–H groups in total. The second-order valence-electron chi connectivity index (χ2n) is 5.15. The van der Waals surface area contributed by atoms with Crippen LogP contribution < -0.4 is 10.1 Å². The topological polar surface area (TPSA) is 38.3 Å². The van der Waals surface area contributed by atoms with Crippen molar-refractivity contribution in [2.75, 3.05) is 13.7 Å². The van der Waals surface area contributed by atoms with E-state index in [1.54, 1.807) is 18.4 Å². The Bertz CT molecular complexity index is 646. The van der Waals surface area contributed by atoms with Crippen LogP contribution in [-0.2, 0) is 6.42 Å². The highest BCUT2D eigenvalue weighted by molar-refractivity contribution is 7.12. The first-order chi connectivity index (χ1) is 10.0. The van der Waals surface area contributed by atoms with Gasteiger partial charge in [0.25, 0.3) is 5.91 Å². The molecule has 3 nitrogen and oxygen atoms in total. The number of carbonyl (C=O) groups excluding carboxylic acids is 1. The van der Waals surface area contributed by atoms with Gasteiger partial charge in [0.05, 0.1) is 12.7 Å². The first-order valence-electron chi connectivity index (χ1n) is 7.00. The molecular formula is C17H21NO2S. The van der Waals surface area contributed by atoms with Gasteiger partial charge in [0, 0.05) is 16.3 Å². The lowest BCUT2D eigenvalue weighted by Crippen LogP contribution is -2.25. The van der Waals surface area contributed by atoms with Gasteiger partial charge >= 0.3 is 0 Å². The third-order valence-corrected chi connectivity index (χ3v) is 4.37. The van der Waals surface area contributed by atoms with Crippen LogP contribution in [0.3, 0.4) is 0 Å². The van der Waals surface area contributed by atoms with Gasteiger partial charge in [0.1, 0.15) is 5.75 Å². The molecule has 4 heteroatoms. The number of benzene rings is 1. The zero-order valence-corrected chi connectivity index (χ0v) is 13.8. The first-order valence-corrected chi connectivity index (χ1v) is 7.81. The molecule has 0 saturated heterocycles. The number of hydrogen-bond donors (Lipinski definition) is 1. The maximum absolute atomic E-state index is 12.2. The molecular weight excluding hydrogens is 282 g/mol. The summed E-state index contributed by atoms with van der Waals surface area (Å²) in [5.41, 5.74) is 3.10. The lowest BCUT2D eigenvalue weighted by molar-refractivity contribution is 0.0954. The molecule has 112 valence electrons. The van der Waals surface area contributed by atoms with Crippen LogP contribution in [-0.4, -0.2) is 19.6 Å². The molecule has 0 fully saturated rings. The average Bonchev–Trinajstić information content (AvgIpc) is 2.78. The van der Waals surface area contributed by atoms with E-state index in [1.807, 2.05) is 32.0 Å². The second-order valence-corrected chi connectivity index (χ2v) is 6.61. The Balaban J connectivity index is 1.97. The van der Waals surface area contributed by atoms with E-state index < -0.39 is 0 Å². The highest BCUT2D eigenvalue weighted by Gasteiger charge is 2.11. The summed E-state index contributed by atoms with van der Waals surface area (Å²) in [6, 6.07) is 8.05. The van der Waals surface area contributed by atoms with Crippen LogP contribution in [0.1, 0.15) is 31.2 Å². The van der Waals surface area contributed by atoms with Crippen molar-refractivity contribution in [2.24, 2.45) is 0 Å². The fourth-order valence-electron chi connectivity index (χ4n) is 2.36. The highest BCUT2D eigenvalue weighted by Crippen LogP contribution is 2.21. The van der Waals surface area contributed by atoms with Crippen LogP contribution in [0.2, 0.25) is 0 Å². The molecule has 2 aromatic rings. The minimum Gasteiger partial charge on any atom is -0.496 e. The smallest absolute Gasteiger partial charge is 0.252 e. The predicted molar refractivity (Wildman–Crippen MR) is 87.6 cm³/mol. The normalized spacial score (nSPS) is 10.5. The fraction of sp³-hybridized carbons (Fsp3) is 0.353. The van der Waals surface area contributed by atoms with Crippen LogP contribution in [0.15, 0.2) is 24.3 Å². The van der Waals surface area contributed by atoms with Gasteiger partial charge in [-0.15, -0.1) is 11.3 Å². The number of aryl methyl sites for hydroxylation is 3. The fourth-order valence-corrected chi connectivity index (χ4v) is 3.29. The molecule has 0 radical (unpaired) electrons. The summed E-state index contributed by atoms with van der Waals surface area (Å²) in [5, 5.41) is 2.98. The van der Waals surface area contributed by atoms with Crippen molar-refractivity contribution in [1.82, 2.24) is 5.32 Å². The van der Waals surface area contributed by atoms with Crippen molar-refractivity contribution in [1.29, 1.82) is 0 Å². The number of methoxy groups -OCH3 is 1. The van der Waals surface area contributed by atoms with Crippen molar-refractivity contribution in [3.05, 3.63) is 50.7 Å². The summed E-state index contributed by atoms with van der Waals surface area (Å²) in [5.74, 6) is 0.876.